The molecule has 0 spiro atoms. The van der Waals surface area contributed by atoms with E-state index in [0.717, 1.165) is 0 Å². The molecule has 66 valence electrons. The smallest absolute Gasteiger partial charge is 0.346 e. The van der Waals surface area contributed by atoms with E-state index >= 15 is 0 Å². The van der Waals surface area contributed by atoms with Crippen LogP contribution in [0.25, 0.3) is 0 Å². The molecule has 1 unspecified atom stereocenters. The third-order valence-electron chi connectivity index (χ3n) is 1.25. The molecule has 0 aromatic heterocycles. The van der Waals surface area contributed by atoms with Gasteiger partial charge < -0.3 is 5.32 Å². The van der Waals surface area contributed by atoms with Gasteiger partial charge in [-0.05, 0) is 13.3 Å². The number of halogens is 3. The van der Waals surface area contributed by atoms with Crippen molar-refractivity contribution < 1.29 is 18.0 Å². The van der Waals surface area contributed by atoms with Crippen LogP contribution >= 0.6 is 0 Å². The largest absolute Gasteiger partial charge is 0.471 e. The summed E-state index contributed by atoms with van der Waals surface area (Å²) in [7, 11) is 0. The van der Waals surface area contributed by atoms with Crippen LogP contribution in [-0.4, -0.2) is 18.1 Å². The highest BCUT2D eigenvalue weighted by molar-refractivity contribution is 5.81. The summed E-state index contributed by atoms with van der Waals surface area (Å²) < 4.78 is 34.6. The Morgan fingerprint density at radius 2 is 2.00 bits per heavy atom. The molecular formula is C6H10F3NO. The number of amides is 1. The predicted octanol–water partition coefficient (Wildman–Crippen LogP) is 1.46. The van der Waals surface area contributed by atoms with Gasteiger partial charge in [-0.15, -0.1) is 0 Å². The minimum atomic E-state index is -4.76. The van der Waals surface area contributed by atoms with E-state index in [0.29, 0.717) is 6.42 Å². The summed E-state index contributed by atoms with van der Waals surface area (Å²) in [5.41, 5.74) is 0. The molecule has 0 aliphatic carbocycles. The third-order valence-corrected chi connectivity index (χ3v) is 1.25. The number of hydrogen-bond acceptors (Lipinski definition) is 1. The maximum absolute atomic E-state index is 11.5. The van der Waals surface area contributed by atoms with E-state index in [1.165, 1.54) is 6.92 Å². The number of alkyl halides is 3. The molecule has 1 N–H and O–H groups in total. The van der Waals surface area contributed by atoms with Gasteiger partial charge in [-0.1, -0.05) is 6.92 Å². The van der Waals surface area contributed by atoms with E-state index in [4.69, 9.17) is 0 Å². The van der Waals surface area contributed by atoms with Gasteiger partial charge in [-0.3, -0.25) is 4.79 Å². The molecular weight excluding hydrogens is 159 g/mol. The fourth-order valence-corrected chi connectivity index (χ4v) is 0.408. The number of rotatable bonds is 2. The Bertz CT molecular complexity index is 143. The van der Waals surface area contributed by atoms with Crippen LogP contribution in [0.4, 0.5) is 13.2 Å². The van der Waals surface area contributed by atoms with Crippen LogP contribution in [0.2, 0.25) is 0 Å². The summed E-state index contributed by atoms with van der Waals surface area (Å²) in [6.45, 7) is 3.21. The first-order chi connectivity index (χ1) is 4.88. The first kappa shape index (κ1) is 10.3. The van der Waals surface area contributed by atoms with Crippen molar-refractivity contribution in [2.45, 2.75) is 32.5 Å². The molecule has 1 atom stereocenters. The van der Waals surface area contributed by atoms with Gasteiger partial charge in [0.2, 0.25) is 0 Å². The van der Waals surface area contributed by atoms with Crippen molar-refractivity contribution in [3.05, 3.63) is 0 Å². The Kier molecular flexibility index (Phi) is 3.35. The second kappa shape index (κ2) is 3.59. The zero-order chi connectivity index (χ0) is 9.07. The van der Waals surface area contributed by atoms with Crippen molar-refractivity contribution in [1.29, 1.82) is 0 Å². The lowest BCUT2D eigenvalue weighted by molar-refractivity contribution is -0.174. The second-order valence-electron chi connectivity index (χ2n) is 2.28. The topological polar surface area (TPSA) is 29.1 Å². The molecule has 0 aliphatic rings. The number of hydrogen-bond donors (Lipinski definition) is 1. The molecule has 0 heterocycles. The third kappa shape index (κ3) is 3.85. The number of nitrogens with one attached hydrogen (secondary N) is 1. The van der Waals surface area contributed by atoms with Crippen LogP contribution in [0.1, 0.15) is 20.3 Å². The summed E-state index contributed by atoms with van der Waals surface area (Å²) in [6.07, 6.45) is -4.27. The van der Waals surface area contributed by atoms with Gasteiger partial charge in [0.25, 0.3) is 0 Å². The van der Waals surface area contributed by atoms with Crippen molar-refractivity contribution in [3.63, 3.8) is 0 Å². The zero-order valence-corrected chi connectivity index (χ0v) is 6.33. The summed E-state index contributed by atoms with van der Waals surface area (Å²) in [5.74, 6) is -1.87. The summed E-state index contributed by atoms with van der Waals surface area (Å²) in [5, 5.41) is 1.81. The first-order valence-electron chi connectivity index (χ1n) is 3.25. The minimum Gasteiger partial charge on any atom is -0.346 e. The molecule has 0 bridgehead atoms. The first-order valence-corrected chi connectivity index (χ1v) is 3.25. The molecule has 0 aliphatic heterocycles. The van der Waals surface area contributed by atoms with E-state index in [-0.39, 0.29) is 0 Å². The van der Waals surface area contributed by atoms with E-state index < -0.39 is 18.1 Å². The fraction of sp³-hybridized carbons (Fsp3) is 0.833. The van der Waals surface area contributed by atoms with Gasteiger partial charge in [0.05, 0.1) is 0 Å². The van der Waals surface area contributed by atoms with Crippen molar-refractivity contribution in [3.8, 4) is 0 Å². The highest BCUT2D eigenvalue weighted by Gasteiger charge is 2.38. The van der Waals surface area contributed by atoms with Crippen LogP contribution in [0, 0.1) is 0 Å². The summed E-state index contributed by atoms with van der Waals surface area (Å²) in [4.78, 5) is 10.2. The van der Waals surface area contributed by atoms with Gasteiger partial charge in [0.15, 0.2) is 0 Å². The minimum absolute atomic E-state index is 0.427. The molecule has 0 aromatic rings. The van der Waals surface area contributed by atoms with Crippen LogP contribution < -0.4 is 5.32 Å². The lowest BCUT2D eigenvalue weighted by Gasteiger charge is -2.12. The SMILES string of the molecule is CCC(C)NC(=O)C(F)(F)F. The molecule has 1 amide bonds. The lowest BCUT2D eigenvalue weighted by atomic mass is 10.2. The summed E-state index contributed by atoms with van der Waals surface area (Å²) in [6, 6.07) is -0.427. The Balaban J connectivity index is 3.88. The van der Waals surface area contributed by atoms with Crippen molar-refractivity contribution in [2.24, 2.45) is 0 Å². The Morgan fingerprint density at radius 1 is 1.55 bits per heavy atom. The number of carbonyl (C=O) groups excluding carboxylic acids is 1. The maximum Gasteiger partial charge on any atom is 0.471 e. The Labute approximate surface area is 62.8 Å². The molecule has 11 heavy (non-hydrogen) atoms. The monoisotopic (exact) mass is 169 g/mol. The molecule has 0 fully saturated rings. The van der Waals surface area contributed by atoms with Crippen molar-refractivity contribution in [2.75, 3.05) is 0 Å². The molecule has 0 rings (SSSR count). The predicted molar refractivity (Wildman–Crippen MR) is 34.0 cm³/mol. The molecule has 5 heteroatoms. The average Bonchev–Trinajstić information content (AvgIpc) is 1.85. The van der Waals surface area contributed by atoms with E-state index in [1.807, 2.05) is 0 Å². The zero-order valence-electron chi connectivity index (χ0n) is 6.33. The average molecular weight is 169 g/mol. The van der Waals surface area contributed by atoms with Gasteiger partial charge >= 0.3 is 12.1 Å². The Morgan fingerprint density at radius 3 is 2.27 bits per heavy atom. The van der Waals surface area contributed by atoms with Crippen LogP contribution in [0.3, 0.4) is 0 Å². The van der Waals surface area contributed by atoms with Gasteiger partial charge in [-0.25, -0.2) is 0 Å². The second-order valence-corrected chi connectivity index (χ2v) is 2.28. The lowest BCUT2D eigenvalue weighted by Crippen LogP contribution is -2.41. The van der Waals surface area contributed by atoms with Gasteiger partial charge in [0.1, 0.15) is 0 Å². The highest BCUT2D eigenvalue weighted by Crippen LogP contribution is 2.14. The van der Waals surface area contributed by atoms with Gasteiger partial charge in [-0.2, -0.15) is 13.2 Å². The quantitative estimate of drug-likeness (QED) is 0.666. The number of carbonyl (C=O) groups is 1. The standard InChI is InChI=1S/C6H10F3NO/c1-3-4(2)10-5(11)6(7,8)9/h4H,3H2,1-2H3,(H,10,11). The van der Waals surface area contributed by atoms with Crippen LogP contribution in [0.5, 0.6) is 0 Å². The Hall–Kier alpha value is -0.740. The summed E-state index contributed by atoms with van der Waals surface area (Å²) >= 11 is 0. The van der Waals surface area contributed by atoms with Crippen LogP contribution in [-0.2, 0) is 4.79 Å². The van der Waals surface area contributed by atoms with Crippen molar-refractivity contribution >= 4 is 5.91 Å². The van der Waals surface area contributed by atoms with Crippen LogP contribution in [0.15, 0.2) is 0 Å². The van der Waals surface area contributed by atoms with Gasteiger partial charge in [0, 0.05) is 6.04 Å². The molecule has 0 aromatic carbocycles. The molecule has 0 saturated heterocycles. The van der Waals surface area contributed by atoms with Crippen molar-refractivity contribution in [1.82, 2.24) is 5.32 Å². The molecule has 2 nitrogen and oxygen atoms in total. The normalized spacial score (nSPS) is 14.3. The highest BCUT2D eigenvalue weighted by atomic mass is 19.4. The maximum atomic E-state index is 11.5. The molecule has 0 saturated carbocycles. The van der Waals surface area contributed by atoms with E-state index in [2.05, 4.69) is 0 Å². The fourth-order valence-electron chi connectivity index (χ4n) is 0.408. The van der Waals surface area contributed by atoms with E-state index in [9.17, 15) is 18.0 Å². The van der Waals surface area contributed by atoms with E-state index in [1.54, 1.807) is 12.2 Å². The molecule has 0 radical (unpaired) electrons.